The lowest BCUT2D eigenvalue weighted by Gasteiger charge is -2.35. The van der Waals surface area contributed by atoms with Crippen molar-refractivity contribution in [3.63, 3.8) is 0 Å². The third-order valence-corrected chi connectivity index (χ3v) is 4.38. The van der Waals surface area contributed by atoms with Crippen LogP contribution in [0.2, 0.25) is 0 Å². The van der Waals surface area contributed by atoms with Gasteiger partial charge in [-0.1, -0.05) is 19.9 Å². The van der Waals surface area contributed by atoms with Gasteiger partial charge in [0.2, 0.25) is 0 Å². The summed E-state index contributed by atoms with van der Waals surface area (Å²) in [5, 5.41) is 10.4. The van der Waals surface area contributed by atoms with Crippen molar-refractivity contribution in [1.29, 1.82) is 0 Å². The van der Waals surface area contributed by atoms with Crippen LogP contribution in [0.4, 0.5) is 5.69 Å². The quantitative estimate of drug-likeness (QED) is 0.793. The molecule has 0 aromatic heterocycles. The normalized spacial score (nSPS) is 24.2. The summed E-state index contributed by atoms with van der Waals surface area (Å²) in [6.45, 7) is 10.4. The SMILES string of the molecule is CCOc1ccc(C(O)CCN2CC(C)CC(C)C2)cc1N. The van der Waals surface area contributed by atoms with Crippen molar-refractivity contribution < 1.29 is 9.84 Å². The van der Waals surface area contributed by atoms with Gasteiger partial charge in [-0.25, -0.2) is 0 Å². The zero-order chi connectivity index (χ0) is 16.1. The first-order valence-electron chi connectivity index (χ1n) is 8.42. The van der Waals surface area contributed by atoms with E-state index in [0.717, 1.165) is 43.5 Å². The number of rotatable bonds is 6. The maximum Gasteiger partial charge on any atom is 0.142 e. The van der Waals surface area contributed by atoms with Crippen LogP contribution in [0.15, 0.2) is 18.2 Å². The first-order valence-corrected chi connectivity index (χ1v) is 8.42. The van der Waals surface area contributed by atoms with Gasteiger partial charge < -0.3 is 20.5 Å². The van der Waals surface area contributed by atoms with Gasteiger partial charge in [0.05, 0.1) is 18.4 Å². The van der Waals surface area contributed by atoms with Crippen molar-refractivity contribution in [3.8, 4) is 5.75 Å². The van der Waals surface area contributed by atoms with Gasteiger partial charge in [0, 0.05) is 19.6 Å². The molecule has 1 aliphatic heterocycles. The summed E-state index contributed by atoms with van der Waals surface area (Å²) in [5.74, 6) is 2.20. The van der Waals surface area contributed by atoms with Gasteiger partial charge in [-0.3, -0.25) is 0 Å². The molecule has 124 valence electrons. The van der Waals surface area contributed by atoms with Crippen LogP contribution in [-0.4, -0.2) is 36.2 Å². The maximum absolute atomic E-state index is 10.4. The average molecular weight is 306 g/mol. The molecule has 1 saturated heterocycles. The molecule has 0 amide bonds. The molecular weight excluding hydrogens is 276 g/mol. The standard InChI is InChI=1S/C18H30N2O2/c1-4-22-18-6-5-15(10-16(18)19)17(21)7-8-20-11-13(2)9-14(3)12-20/h5-6,10,13-14,17,21H,4,7-9,11-12,19H2,1-3H3. The monoisotopic (exact) mass is 306 g/mol. The highest BCUT2D eigenvalue weighted by Crippen LogP contribution is 2.28. The summed E-state index contributed by atoms with van der Waals surface area (Å²) in [6, 6.07) is 5.59. The number of hydrogen-bond donors (Lipinski definition) is 2. The summed E-state index contributed by atoms with van der Waals surface area (Å²) in [6.07, 6.45) is 1.59. The summed E-state index contributed by atoms with van der Waals surface area (Å²) in [7, 11) is 0. The molecule has 0 spiro atoms. The fourth-order valence-corrected chi connectivity index (χ4v) is 3.51. The summed E-state index contributed by atoms with van der Waals surface area (Å²) in [4.78, 5) is 2.47. The molecule has 1 aromatic rings. The van der Waals surface area contributed by atoms with Crippen LogP contribution in [0.25, 0.3) is 0 Å². The molecule has 1 heterocycles. The molecule has 1 fully saturated rings. The van der Waals surface area contributed by atoms with Gasteiger partial charge in [-0.2, -0.15) is 0 Å². The minimum Gasteiger partial charge on any atom is -0.492 e. The molecule has 2 rings (SSSR count). The first kappa shape index (κ1) is 17.1. The van der Waals surface area contributed by atoms with Crippen molar-refractivity contribution in [2.75, 3.05) is 32.0 Å². The lowest BCUT2D eigenvalue weighted by molar-refractivity contribution is 0.103. The second-order valence-corrected chi connectivity index (χ2v) is 6.74. The smallest absolute Gasteiger partial charge is 0.142 e. The molecule has 4 nitrogen and oxygen atoms in total. The van der Waals surface area contributed by atoms with Crippen molar-refractivity contribution in [1.82, 2.24) is 4.90 Å². The molecule has 1 aliphatic rings. The van der Waals surface area contributed by atoms with E-state index in [0.29, 0.717) is 18.0 Å². The van der Waals surface area contributed by atoms with Crippen molar-refractivity contribution in [2.24, 2.45) is 11.8 Å². The van der Waals surface area contributed by atoms with Crippen LogP contribution in [0, 0.1) is 11.8 Å². The van der Waals surface area contributed by atoms with E-state index in [2.05, 4.69) is 18.7 Å². The number of ether oxygens (including phenoxy) is 1. The number of anilines is 1. The van der Waals surface area contributed by atoms with Gasteiger partial charge in [0.1, 0.15) is 5.75 Å². The third-order valence-electron chi connectivity index (χ3n) is 4.38. The number of hydrogen-bond acceptors (Lipinski definition) is 4. The molecule has 3 N–H and O–H groups in total. The van der Waals surface area contributed by atoms with Crippen LogP contribution in [0.5, 0.6) is 5.75 Å². The van der Waals surface area contributed by atoms with Crippen LogP contribution in [-0.2, 0) is 0 Å². The molecule has 4 heteroatoms. The highest BCUT2D eigenvalue weighted by atomic mass is 16.5. The second kappa shape index (κ2) is 7.84. The highest BCUT2D eigenvalue weighted by molar-refractivity contribution is 5.54. The van der Waals surface area contributed by atoms with Crippen LogP contribution in [0.3, 0.4) is 0 Å². The number of aliphatic hydroxyl groups is 1. The summed E-state index contributed by atoms with van der Waals surface area (Å²) in [5.41, 5.74) is 7.44. The van der Waals surface area contributed by atoms with E-state index in [-0.39, 0.29) is 0 Å². The average Bonchev–Trinajstić information content (AvgIpc) is 2.46. The number of aliphatic hydroxyl groups excluding tert-OH is 1. The van der Waals surface area contributed by atoms with E-state index in [1.165, 1.54) is 6.42 Å². The predicted octanol–water partition coefficient (Wildman–Crippen LogP) is 3.07. The number of nitrogen functional groups attached to an aromatic ring is 1. The molecule has 0 bridgehead atoms. The van der Waals surface area contributed by atoms with Gasteiger partial charge in [-0.05, 0) is 49.3 Å². The fraction of sp³-hybridized carbons (Fsp3) is 0.667. The largest absolute Gasteiger partial charge is 0.492 e. The van der Waals surface area contributed by atoms with Gasteiger partial charge in [0.25, 0.3) is 0 Å². The molecule has 0 radical (unpaired) electrons. The summed E-state index contributed by atoms with van der Waals surface area (Å²) >= 11 is 0. The lowest BCUT2D eigenvalue weighted by Crippen LogP contribution is -2.39. The first-order chi connectivity index (χ1) is 10.5. The molecule has 22 heavy (non-hydrogen) atoms. The minimum absolute atomic E-state index is 0.467. The van der Waals surface area contributed by atoms with E-state index in [1.54, 1.807) is 0 Å². The molecule has 3 unspecified atom stereocenters. The number of likely N-dealkylation sites (tertiary alicyclic amines) is 1. The third kappa shape index (κ3) is 4.62. The van der Waals surface area contributed by atoms with E-state index in [9.17, 15) is 5.11 Å². The number of piperidine rings is 1. The Kier molecular flexibility index (Phi) is 6.09. The van der Waals surface area contributed by atoms with Crippen LogP contribution < -0.4 is 10.5 Å². The van der Waals surface area contributed by atoms with Crippen molar-refractivity contribution in [2.45, 2.75) is 39.7 Å². The zero-order valence-electron chi connectivity index (χ0n) is 14.1. The Hall–Kier alpha value is -1.26. The Labute approximate surface area is 134 Å². The Bertz CT molecular complexity index is 468. The Balaban J connectivity index is 1.89. The number of nitrogens with zero attached hydrogens (tertiary/aromatic N) is 1. The minimum atomic E-state index is -0.467. The lowest BCUT2D eigenvalue weighted by atomic mass is 9.91. The van der Waals surface area contributed by atoms with E-state index in [4.69, 9.17) is 10.5 Å². The highest BCUT2D eigenvalue weighted by Gasteiger charge is 2.22. The van der Waals surface area contributed by atoms with Crippen molar-refractivity contribution >= 4 is 5.69 Å². The Morgan fingerprint density at radius 1 is 1.32 bits per heavy atom. The van der Waals surface area contributed by atoms with Gasteiger partial charge >= 0.3 is 0 Å². The predicted molar refractivity (Wildman–Crippen MR) is 91.0 cm³/mol. The molecular formula is C18H30N2O2. The molecule has 0 saturated carbocycles. The number of nitrogens with two attached hydrogens (primary N) is 1. The molecule has 3 atom stereocenters. The van der Waals surface area contributed by atoms with Crippen LogP contribution in [0.1, 0.15) is 45.3 Å². The van der Waals surface area contributed by atoms with Gasteiger partial charge in [-0.15, -0.1) is 0 Å². The van der Waals surface area contributed by atoms with Gasteiger partial charge in [0.15, 0.2) is 0 Å². The maximum atomic E-state index is 10.4. The second-order valence-electron chi connectivity index (χ2n) is 6.74. The fourth-order valence-electron chi connectivity index (χ4n) is 3.51. The Morgan fingerprint density at radius 2 is 2.00 bits per heavy atom. The number of benzene rings is 1. The van der Waals surface area contributed by atoms with E-state index >= 15 is 0 Å². The molecule has 0 aliphatic carbocycles. The van der Waals surface area contributed by atoms with E-state index in [1.807, 2.05) is 25.1 Å². The molecule has 1 aromatic carbocycles. The topological polar surface area (TPSA) is 58.7 Å². The van der Waals surface area contributed by atoms with Crippen molar-refractivity contribution in [3.05, 3.63) is 23.8 Å². The van der Waals surface area contributed by atoms with Crippen LogP contribution >= 0.6 is 0 Å². The summed E-state index contributed by atoms with van der Waals surface area (Å²) < 4.78 is 5.44. The Morgan fingerprint density at radius 3 is 2.59 bits per heavy atom. The van der Waals surface area contributed by atoms with E-state index < -0.39 is 6.10 Å². The zero-order valence-corrected chi connectivity index (χ0v) is 14.1.